The number of nitrogens with one attached hydrogen (secondary N) is 2. The molecule has 2 aliphatic rings. The van der Waals surface area contributed by atoms with Gasteiger partial charge in [0.1, 0.15) is 11.9 Å². The van der Waals surface area contributed by atoms with Gasteiger partial charge >= 0.3 is 0 Å². The highest BCUT2D eigenvalue weighted by molar-refractivity contribution is 6.05. The standard InChI is InChI=1S/C20H21N3O3/c1-25-14-8-6-13(7-9-14)12-18-21-20(24)16-5-3-4-15-17(22-26-2)10-11-23(18)19(15)16/h3-10,18,22H,11-12H2,1-2H3,(H,21,24). The summed E-state index contributed by atoms with van der Waals surface area (Å²) in [6, 6.07) is 13.7. The highest BCUT2D eigenvalue weighted by Crippen LogP contribution is 2.37. The van der Waals surface area contributed by atoms with E-state index in [-0.39, 0.29) is 12.1 Å². The lowest BCUT2D eigenvalue weighted by Crippen LogP contribution is -2.55. The largest absolute Gasteiger partial charge is 0.497 e. The first-order chi connectivity index (χ1) is 12.7. The number of carbonyl (C=O) groups is 1. The third kappa shape index (κ3) is 2.78. The van der Waals surface area contributed by atoms with Crippen LogP contribution in [0, 0.1) is 0 Å². The first kappa shape index (κ1) is 16.5. The fourth-order valence-corrected chi connectivity index (χ4v) is 3.59. The van der Waals surface area contributed by atoms with Gasteiger partial charge in [0, 0.05) is 18.5 Å². The molecule has 4 rings (SSSR count). The van der Waals surface area contributed by atoms with Crippen LogP contribution in [0.4, 0.5) is 5.69 Å². The second-order valence-electron chi connectivity index (χ2n) is 6.32. The van der Waals surface area contributed by atoms with Crippen LogP contribution in [-0.4, -0.2) is 32.8 Å². The minimum absolute atomic E-state index is 0.0460. The van der Waals surface area contributed by atoms with Crippen LogP contribution >= 0.6 is 0 Å². The first-order valence-electron chi connectivity index (χ1n) is 8.54. The molecular weight excluding hydrogens is 330 g/mol. The summed E-state index contributed by atoms with van der Waals surface area (Å²) in [4.78, 5) is 20.0. The van der Waals surface area contributed by atoms with Gasteiger partial charge in [-0.3, -0.25) is 15.1 Å². The number of rotatable bonds is 5. The van der Waals surface area contributed by atoms with Crippen molar-refractivity contribution < 1.29 is 14.4 Å². The van der Waals surface area contributed by atoms with E-state index in [0.29, 0.717) is 18.5 Å². The van der Waals surface area contributed by atoms with Gasteiger partial charge in [0.05, 0.1) is 31.2 Å². The van der Waals surface area contributed by atoms with E-state index in [1.165, 1.54) is 0 Å². The highest BCUT2D eigenvalue weighted by Gasteiger charge is 2.34. The predicted octanol–water partition coefficient (Wildman–Crippen LogP) is 2.32. The summed E-state index contributed by atoms with van der Waals surface area (Å²) in [7, 11) is 3.24. The van der Waals surface area contributed by atoms with Crippen LogP contribution in [0.15, 0.2) is 48.5 Å². The van der Waals surface area contributed by atoms with Crippen LogP contribution in [-0.2, 0) is 11.3 Å². The number of hydroxylamine groups is 1. The molecule has 1 atom stereocenters. The number of benzene rings is 2. The number of para-hydroxylation sites is 1. The van der Waals surface area contributed by atoms with Crippen molar-refractivity contribution in [3.8, 4) is 5.75 Å². The Morgan fingerprint density at radius 3 is 2.65 bits per heavy atom. The summed E-state index contributed by atoms with van der Waals surface area (Å²) < 4.78 is 5.22. The molecule has 26 heavy (non-hydrogen) atoms. The van der Waals surface area contributed by atoms with E-state index in [0.717, 1.165) is 28.3 Å². The average molecular weight is 351 g/mol. The Kier molecular flexibility index (Phi) is 4.26. The molecule has 0 bridgehead atoms. The van der Waals surface area contributed by atoms with Gasteiger partial charge in [-0.15, -0.1) is 0 Å². The summed E-state index contributed by atoms with van der Waals surface area (Å²) >= 11 is 0. The Balaban J connectivity index is 1.67. The van der Waals surface area contributed by atoms with Gasteiger partial charge in [0.2, 0.25) is 0 Å². The fraction of sp³-hybridized carbons (Fsp3) is 0.250. The molecule has 0 aliphatic carbocycles. The number of methoxy groups -OCH3 is 1. The fourth-order valence-electron chi connectivity index (χ4n) is 3.59. The second kappa shape index (κ2) is 6.72. The first-order valence-corrected chi connectivity index (χ1v) is 8.54. The van der Waals surface area contributed by atoms with Gasteiger partial charge in [-0.2, -0.15) is 0 Å². The molecule has 6 heteroatoms. The third-order valence-corrected chi connectivity index (χ3v) is 4.82. The molecule has 2 N–H and O–H groups in total. The molecule has 0 saturated carbocycles. The normalized spacial score (nSPS) is 17.9. The lowest BCUT2D eigenvalue weighted by atomic mass is 9.95. The van der Waals surface area contributed by atoms with Crippen molar-refractivity contribution in [2.24, 2.45) is 0 Å². The molecular formula is C20H21N3O3. The van der Waals surface area contributed by atoms with E-state index < -0.39 is 0 Å². The van der Waals surface area contributed by atoms with Crippen LogP contribution in [0.3, 0.4) is 0 Å². The third-order valence-electron chi connectivity index (χ3n) is 4.82. The summed E-state index contributed by atoms with van der Waals surface area (Å²) in [5, 5.41) is 3.13. The zero-order chi connectivity index (χ0) is 18.1. The zero-order valence-corrected chi connectivity index (χ0v) is 14.8. The monoisotopic (exact) mass is 351 g/mol. The zero-order valence-electron chi connectivity index (χ0n) is 14.8. The van der Waals surface area contributed by atoms with Gasteiger partial charge in [-0.25, -0.2) is 0 Å². The lowest BCUT2D eigenvalue weighted by molar-refractivity contribution is 0.0926. The number of anilines is 1. The minimum atomic E-state index is -0.107. The van der Waals surface area contributed by atoms with Crippen molar-refractivity contribution in [3.63, 3.8) is 0 Å². The highest BCUT2D eigenvalue weighted by atomic mass is 16.6. The van der Waals surface area contributed by atoms with Gasteiger partial charge in [-0.05, 0) is 29.8 Å². The molecule has 2 heterocycles. The van der Waals surface area contributed by atoms with Crippen LogP contribution in [0.1, 0.15) is 21.5 Å². The quantitative estimate of drug-likeness (QED) is 0.810. The van der Waals surface area contributed by atoms with Crippen LogP contribution in [0.2, 0.25) is 0 Å². The van der Waals surface area contributed by atoms with Crippen molar-refractivity contribution in [2.75, 3.05) is 25.7 Å². The van der Waals surface area contributed by atoms with Crippen molar-refractivity contribution in [3.05, 3.63) is 65.2 Å². The summed E-state index contributed by atoms with van der Waals surface area (Å²) in [5.74, 6) is 0.778. The van der Waals surface area contributed by atoms with E-state index in [9.17, 15) is 4.79 Å². The van der Waals surface area contributed by atoms with Gasteiger partial charge < -0.3 is 15.0 Å². The number of hydrogen-bond donors (Lipinski definition) is 2. The van der Waals surface area contributed by atoms with Crippen molar-refractivity contribution >= 4 is 17.3 Å². The molecule has 1 amide bonds. The molecule has 0 aromatic heterocycles. The number of ether oxygens (including phenoxy) is 1. The Labute approximate surface area is 152 Å². The predicted molar refractivity (Wildman–Crippen MR) is 99.9 cm³/mol. The Morgan fingerprint density at radius 1 is 1.15 bits per heavy atom. The maximum absolute atomic E-state index is 12.7. The number of amides is 1. The molecule has 1 unspecified atom stereocenters. The lowest BCUT2D eigenvalue weighted by Gasteiger charge is -2.42. The Bertz CT molecular complexity index is 861. The van der Waals surface area contributed by atoms with Crippen LogP contribution in [0.25, 0.3) is 5.70 Å². The maximum atomic E-state index is 12.7. The average Bonchev–Trinajstić information content (AvgIpc) is 2.67. The summed E-state index contributed by atoms with van der Waals surface area (Å²) in [6.07, 6.45) is 2.68. The summed E-state index contributed by atoms with van der Waals surface area (Å²) in [6.45, 7) is 0.691. The van der Waals surface area contributed by atoms with Crippen molar-refractivity contribution in [1.82, 2.24) is 10.8 Å². The Hall–Kier alpha value is -2.99. The number of nitrogens with zero attached hydrogens (tertiary/aromatic N) is 1. The smallest absolute Gasteiger partial charge is 0.255 e. The van der Waals surface area contributed by atoms with Crippen LogP contribution in [0.5, 0.6) is 5.75 Å². The van der Waals surface area contributed by atoms with Gasteiger partial charge in [0.25, 0.3) is 5.91 Å². The van der Waals surface area contributed by atoms with Crippen molar-refractivity contribution in [2.45, 2.75) is 12.6 Å². The molecule has 134 valence electrons. The van der Waals surface area contributed by atoms with Gasteiger partial charge in [-0.1, -0.05) is 24.3 Å². The SMILES string of the molecule is CONC1=CCN2c3c(cccc31)C(=O)NC2Cc1ccc(OC)cc1. The molecule has 6 nitrogen and oxygen atoms in total. The Morgan fingerprint density at radius 2 is 1.92 bits per heavy atom. The van der Waals surface area contributed by atoms with Crippen molar-refractivity contribution in [1.29, 1.82) is 0 Å². The minimum Gasteiger partial charge on any atom is -0.497 e. The van der Waals surface area contributed by atoms with E-state index >= 15 is 0 Å². The van der Waals surface area contributed by atoms with E-state index in [1.54, 1.807) is 14.2 Å². The topological polar surface area (TPSA) is 62.8 Å². The number of carbonyl (C=O) groups excluding carboxylic acids is 1. The summed E-state index contributed by atoms with van der Waals surface area (Å²) in [5.41, 5.74) is 7.57. The second-order valence-corrected chi connectivity index (χ2v) is 6.32. The molecule has 2 aromatic carbocycles. The molecule has 2 aromatic rings. The van der Waals surface area contributed by atoms with Crippen LogP contribution < -0.4 is 20.4 Å². The molecule has 0 fully saturated rings. The number of hydrogen-bond acceptors (Lipinski definition) is 5. The molecule has 2 aliphatic heterocycles. The molecule has 0 saturated heterocycles. The van der Waals surface area contributed by atoms with Gasteiger partial charge in [0.15, 0.2) is 0 Å². The maximum Gasteiger partial charge on any atom is 0.255 e. The molecule has 0 radical (unpaired) electrons. The van der Waals surface area contributed by atoms with E-state index in [2.05, 4.69) is 21.8 Å². The molecule has 0 spiro atoms. The van der Waals surface area contributed by atoms with E-state index in [4.69, 9.17) is 9.57 Å². The van der Waals surface area contributed by atoms with E-state index in [1.807, 2.05) is 42.5 Å².